The van der Waals surface area contributed by atoms with Gasteiger partial charge in [0.05, 0.1) is 6.61 Å². The van der Waals surface area contributed by atoms with E-state index in [-0.39, 0.29) is 5.91 Å². The van der Waals surface area contributed by atoms with Crippen molar-refractivity contribution < 1.29 is 9.53 Å². The van der Waals surface area contributed by atoms with E-state index >= 15 is 0 Å². The lowest BCUT2D eigenvalue weighted by Crippen LogP contribution is -2.25. The first-order valence-electron chi connectivity index (χ1n) is 6.05. The Kier molecular flexibility index (Phi) is 4.12. The van der Waals surface area contributed by atoms with Crippen LogP contribution in [0, 0.1) is 0 Å². The van der Waals surface area contributed by atoms with Gasteiger partial charge in [-0.15, -0.1) is 0 Å². The van der Waals surface area contributed by atoms with E-state index in [1.54, 1.807) is 25.5 Å². The number of hydrogen-bond donors (Lipinski definition) is 1. The molecule has 2 aromatic heterocycles. The lowest BCUT2D eigenvalue weighted by molar-refractivity contribution is 0.0941. The average molecular weight is 260 g/mol. The van der Waals surface area contributed by atoms with Gasteiger partial charge >= 0.3 is 0 Å². The highest BCUT2D eigenvalue weighted by Crippen LogP contribution is 2.13. The Labute approximate surface area is 111 Å². The van der Waals surface area contributed by atoms with Crippen molar-refractivity contribution in [2.75, 3.05) is 6.61 Å². The third kappa shape index (κ3) is 3.09. The first-order valence-corrected chi connectivity index (χ1v) is 6.05. The third-order valence-corrected chi connectivity index (χ3v) is 2.62. The van der Waals surface area contributed by atoms with E-state index in [1.807, 2.05) is 19.1 Å². The van der Waals surface area contributed by atoms with Gasteiger partial charge in [0.2, 0.25) is 5.88 Å². The molecule has 0 aliphatic heterocycles. The molecule has 0 aliphatic carbocycles. The SMILES string of the molecule is CCOc1ncccc1CNC(=O)c1ccnn1C. The Bertz CT molecular complexity index is 565. The fourth-order valence-corrected chi connectivity index (χ4v) is 1.69. The quantitative estimate of drug-likeness (QED) is 0.875. The average Bonchev–Trinajstić information content (AvgIpc) is 2.84. The first-order chi connectivity index (χ1) is 9.22. The lowest BCUT2D eigenvalue weighted by Gasteiger charge is -2.09. The molecule has 19 heavy (non-hydrogen) atoms. The number of rotatable bonds is 5. The van der Waals surface area contributed by atoms with Crippen LogP contribution in [0.5, 0.6) is 5.88 Å². The maximum Gasteiger partial charge on any atom is 0.269 e. The van der Waals surface area contributed by atoms with Crippen molar-refractivity contribution in [2.24, 2.45) is 7.05 Å². The topological polar surface area (TPSA) is 69.0 Å². The minimum absolute atomic E-state index is 0.175. The van der Waals surface area contributed by atoms with Gasteiger partial charge in [-0.05, 0) is 19.1 Å². The van der Waals surface area contributed by atoms with Crippen LogP contribution in [0.25, 0.3) is 0 Å². The summed E-state index contributed by atoms with van der Waals surface area (Å²) in [6.45, 7) is 2.81. The molecular weight excluding hydrogens is 244 g/mol. The number of carbonyl (C=O) groups excluding carboxylic acids is 1. The summed E-state index contributed by atoms with van der Waals surface area (Å²) in [4.78, 5) is 16.1. The van der Waals surface area contributed by atoms with Crippen molar-refractivity contribution in [2.45, 2.75) is 13.5 Å². The molecule has 0 aromatic carbocycles. The zero-order chi connectivity index (χ0) is 13.7. The number of ether oxygens (including phenoxy) is 1. The molecule has 0 saturated heterocycles. The Morgan fingerprint density at radius 1 is 1.42 bits per heavy atom. The smallest absolute Gasteiger partial charge is 0.269 e. The van der Waals surface area contributed by atoms with Gasteiger partial charge in [-0.1, -0.05) is 6.07 Å². The number of pyridine rings is 1. The standard InChI is InChI=1S/C13H16N4O2/c1-3-19-13-10(5-4-7-14-13)9-15-12(18)11-6-8-16-17(11)2/h4-8H,3,9H2,1-2H3,(H,15,18). The van der Waals surface area contributed by atoms with Gasteiger partial charge in [0.25, 0.3) is 5.91 Å². The van der Waals surface area contributed by atoms with Crippen molar-refractivity contribution in [3.63, 3.8) is 0 Å². The van der Waals surface area contributed by atoms with E-state index in [9.17, 15) is 4.79 Å². The summed E-state index contributed by atoms with van der Waals surface area (Å²) < 4.78 is 6.93. The predicted molar refractivity (Wildman–Crippen MR) is 69.8 cm³/mol. The molecule has 6 nitrogen and oxygen atoms in total. The maximum absolute atomic E-state index is 11.9. The van der Waals surface area contributed by atoms with E-state index in [0.717, 1.165) is 5.56 Å². The number of nitrogens with zero attached hydrogens (tertiary/aromatic N) is 3. The Hall–Kier alpha value is -2.37. The van der Waals surface area contributed by atoms with Gasteiger partial charge in [0.1, 0.15) is 5.69 Å². The lowest BCUT2D eigenvalue weighted by atomic mass is 10.2. The summed E-state index contributed by atoms with van der Waals surface area (Å²) in [5, 5.41) is 6.78. The number of carbonyl (C=O) groups is 1. The molecule has 2 aromatic rings. The minimum atomic E-state index is -0.175. The van der Waals surface area contributed by atoms with Crippen LogP contribution < -0.4 is 10.1 Å². The van der Waals surface area contributed by atoms with Gasteiger partial charge in [-0.3, -0.25) is 9.48 Å². The molecule has 0 aliphatic rings. The fraction of sp³-hybridized carbons (Fsp3) is 0.308. The van der Waals surface area contributed by atoms with Crippen molar-refractivity contribution in [3.8, 4) is 5.88 Å². The van der Waals surface area contributed by atoms with E-state index in [1.165, 1.54) is 4.68 Å². The summed E-state index contributed by atoms with van der Waals surface area (Å²) in [6.07, 6.45) is 3.25. The second-order valence-electron chi connectivity index (χ2n) is 3.92. The van der Waals surface area contributed by atoms with Crippen molar-refractivity contribution in [1.29, 1.82) is 0 Å². The maximum atomic E-state index is 11.9. The number of aromatic nitrogens is 3. The van der Waals surface area contributed by atoms with Crippen LogP contribution in [0.4, 0.5) is 0 Å². The Morgan fingerprint density at radius 3 is 2.95 bits per heavy atom. The third-order valence-electron chi connectivity index (χ3n) is 2.62. The fourth-order valence-electron chi connectivity index (χ4n) is 1.69. The molecule has 0 radical (unpaired) electrons. The highest BCUT2D eigenvalue weighted by molar-refractivity contribution is 5.92. The second-order valence-corrected chi connectivity index (χ2v) is 3.92. The molecule has 0 fully saturated rings. The van der Waals surface area contributed by atoms with Gasteiger partial charge < -0.3 is 10.1 Å². The van der Waals surface area contributed by atoms with Crippen LogP contribution in [0.3, 0.4) is 0 Å². The molecular formula is C13H16N4O2. The normalized spacial score (nSPS) is 10.2. The molecule has 1 N–H and O–H groups in total. The highest BCUT2D eigenvalue weighted by Gasteiger charge is 2.11. The molecule has 1 amide bonds. The molecule has 0 spiro atoms. The van der Waals surface area contributed by atoms with Gasteiger partial charge in [-0.2, -0.15) is 5.10 Å². The van der Waals surface area contributed by atoms with Gasteiger partial charge in [-0.25, -0.2) is 4.98 Å². The molecule has 0 unspecified atom stereocenters. The van der Waals surface area contributed by atoms with Crippen LogP contribution in [0.1, 0.15) is 23.0 Å². The van der Waals surface area contributed by atoms with Crippen LogP contribution in [0.15, 0.2) is 30.6 Å². The van der Waals surface area contributed by atoms with E-state index < -0.39 is 0 Å². The molecule has 6 heteroatoms. The molecule has 2 rings (SSSR count). The summed E-state index contributed by atoms with van der Waals surface area (Å²) in [6, 6.07) is 5.36. The summed E-state index contributed by atoms with van der Waals surface area (Å²) in [5.74, 6) is 0.376. The molecule has 0 saturated carbocycles. The molecule has 0 atom stereocenters. The molecule has 2 heterocycles. The number of nitrogens with one attached hydrogen (secondary N) is 1. The number of aryl methyl sites for hydroxylation is 1. The van der Waals surface area contributed by atoms with Gasteiger partial charge in [0, 0.05) is 31.5 Å². The number of hydrogen-bond acceptors (Lipinski definition) is 4. The van der Waals surface area contributed by atoms with Crippen LogP contribution in [-0.2, 0) is 13.6 Å². The summed E-state index contributed by atoms with van der Waals surface area (Å²) >= 11 is 0. The molecule has 100 valence electrons. The van der Waals surface area contributed by atoms with E-state index in [2.05, 4.69) is 15.4 Å². The van der Waals surface area contributed by atoms with Crippen LogP contribution >= 0.6 is 0 Å². The Balaban J connectivity index is 2.03. The highest BCUT2D eigenvalue weighted by atomic mass is 16.5. The largest absolute Gasteiger partial charge is 0.478 e. The van der Waals surface area contributed by atoms with Gasteiger partial charge in [0.15, 0.2) is 0 Å². The summed E-state index contributed by atoms with van der Waals surface area (Å²) in [5.41, 5.74) is 1.36. The monoisotopic (exact) mass is 260 g/mol. The van der Waals surface area contributed by atoms with Crippen molar-refractivity contribution in [1.82, 2.24) is 20.1 Å². The second kappa shape index (κ2) is 5.99. The van der Waals surface area contributed by atoms with Crippen LogP contribution in [0.2, 0.25) is 0 Å². The summed E-state index contributed by atoms with van der Waals surface area (Å²) in [7, 11) is 1.73. The van der Waals surface area contributed by atoms with Crippen molar-refractivity contribution in [3.05, 3.63) is 41.9 Å². The van der Waals surface area contributed by atoms with Crippen molar-refractivity contribution >= 4 is 5.91 Å². The number of amides is 1. The van der Waals surface area contributed by atoms with E-state index in [4.69, 9.17) is 4.74 Å². The van der Waals surface area contributed by atoms with Crippen LogP contribution in [-0.4, -0.2) is 27.3 Å². The first kappa shape index (κ1) is 13.1. The Morgan fingerprint density at radius 2 is 2.26 bits per heavy atom. The zero-order valence-corrected chi connectivity index (χ0v) is 11.0. The van der Waals surface area contributed by atoms with E-state index in [0.29, 0.717) is 24.7 Å². The molecule has 0 bridgehead atoms. The minimum Gasteiger partial charge on any atom is -0.478 e. The zero-order valence-electron chi connectivity index (χ0n) is 11.0. The predicted octanol–water partition coefficient (Wildman–Crippen LogP) is 1.14.